The topological polar surface area (TPSA) is 250 Å². The largest absolute Gasteiger partial charge is 0.771 e. The summed E-state index contributed by atoms with van der Waals surface area (Å²) in [6.45, 7) is -0.0906. The SMILES string of the molecule is NCC(Nc1nc(NCc2ccccc2)nc(Nc2cc(S(=O)(=O)O)ccc2S(=O)(=O)O)n1)S(=O)[O-]. The number of benzene rings is 2. The molecule has 0 aliphatic rings. The summed E-state index contributed by atoms with van der Waals surface area (Å²) >= 11 is -2.65. The van der Waals surface area contributed by atoms with Crippen LogP contribution in [0.4, 0.5) is 23.5 Å². The summed E-state index contributed by atoms with van der Waals surface area (Å²) in [7, 11) is -9.60. The zero-order chi connectivity index (χ0) is 26.5. The molecule has 0 saturated carbocycles. The molecule has 1 heterocycles. The van der Waals surface area contributed by atoms with Gasteiger partial charge in [-0.2, -0.15) is 31.8 Å². The molecular weight excluding hydrogens is 538 g/mol. The van der Waals surface area contributed by atoms with E-state index < -0.39 is 52.2 Å². The fourth-order valence-electron chi connectivity index (χ4n) is 2.79. The number of anilines is 4. The third-order valence-corrected chi connectivity index (χ3v) is 6.97. The molecule has 0 spiro atoms. The Hall–Kier alpha value is -3.26. The van der Waals surface area contributed by atoms with Gasteiger partial charge in [0.25, 0.3) is 20.2 Å². The first-order chi connectivity index (χ1) is 16.9. The average molecular weight is 559 g/mol. The maximum Gasteiger partial charge on any atom is 0.296 e. The van der Waals surface area contributed by atoms with Gasteiger partial charge in [-0.1, -0.05) is 30.3 Å². The van der Waals surface area contributed by atoms with Gasteiger partial charge in [0.15, 0.2) is 0 Å². The Bertz CT molecular complexity index is 1470. The third kappa shape index (κ3) is 7.37. The van der Waals surface area contributed by atoms with E-state index in [1.807, 2.05) is 18.2 Å². The lowest BCUT2D eigenvalue weighted by molar-refractivity contribution is 0.479. The molecule has 3 rings (SSSR count). The summed E-state index contributed by atoms with van der Waals surface area (Å²) in [6.07, 6.45) is 0. The van der Waals surface area contributed by atoms with Crippen LogP contribution in [0, 0.1) is 0 Å². The van der Waals surface area contributed by atoms with Crippen molar-refractivity contribution in [1.82, 2.24) is 15.0 Å². The highest BCUT2D eigenvalue weighted by atomic mass is 32.2. The van der Waals surface area contributed by atoms with Crippen LogP contribution in [0.1, 0.15) is 5.56 Å². The molecule has 194 valence electrons. The van der Waals surface area contributed by atoms with E-state index in [1.165, 1.54) is 0 Å². The number of nitrogens with two attached hydrogens (primary N) is 1. The molecule has 0 fully saturated rings. The predicted octanol–water partition coefficient (Wildman–Crippen LogP) is 0.296. The first-order valence-electron chi connectivity index (χ1n) is 9.81. The number of rotatable bonds is 11. The van der Waals surface area contributed by atoms with E-state index in [2.05, 4.69) is 30.9 Å². The third-order valence-electron chi connectivity index (χ3n) is 4.44. The Labute approximate surface area is 208 Å². The minimum Gasteiger partial charge on any atom is -0.771 e. The minimum absolute atomic E-state index is 0.0781. The summed E-state index contributed by atoms with van der Waals surface area (Å²) < 4.78 is 88.3. The highest BCUT2D eigenvalue weighted by molar-refractivity contribution is 7.86. The highest BCUT2D eigenvalue weighted by Gasteiger charge is 2.21. The minimum atomic E-state index is -4.86. The Morgan fingerprint density at radius 1 is 0.944 bits per heavy atom. The predicted molar refractivity (Wildman–Crippen MR) is 128 cm³/mol. The van der Waals surface area contributed by atoms with Crippen molar-refractivity contribution >= 4 is 54.8 Å². The van der Waals surface area contributed by atoms with E-state index in [4.69, 9.17) is 5.73 Å². The van der Waals surface area contributed by atoms with Crippen molar-refractivity contribution in [3.05, 3.63) is 54.1 Å². The number of aromatic nitrogens is 3. The van der Waals surface area contributed by atoms with Gasteiger partial charge in [0.2, 0.25) is 17.8 Å². The summed E-state index contributed by atoms with van der Waals surface area (Å²) in [5.74, 6) is -0.722. The van der Waals surface area contributed by atoms with Crippen LogP contribution in [0.2, 0.25) is 0 Å². The van der Waals surface area contributed by atoms with Crippen LogP contribution in [0.15, 0.2) is 58.3 Å². The van der Waals surface area contributed by atoms with E-state index >= 15 is 0 Å². The van der Waals surface area contributed by atoms with Gasteiger partial charge in [0.1, 0.15) is 10.3 Å². The lowest BCUT2D eigenvalue weighted by atomic mass is 10.2. The van der Waals surface area contributed by atoms with Gasteiger partial charge < -0.3 is 26.2 Å². The van der Waals surface area contributed by atoms with Crippen LogP contribution in [-0.2, 0) is 37.9 Å². The molecule has 15 nitrogen and oxygen atoms in total. The molecule has 0 amide bonds. The maximum absolute atomic E-state index is 11.8. The van der Waals surface area contributed by atoms with Crippen molar-refractivity contribution in [2.24, 2.45) is 5.73 Å². The quantitative estimate of drug-likeness (QED) is 0.137. The van der Waals surface area contributed by atoms with Crippen LogP contribution in [0.5, 0.6) is 0 Å². The van der Waals surface area contributed by atoms with Gasteiger partial charge in [-0.3, -0.25) is 13.3 Å². The van der Waals surface area contributed by atoms with E-state index in [-0.39, 0.29) is 30.9 Å². The van der Waals surface area contributed by atoms with Crippen LogP contribution < -0.4 is 21.7 Å². The fraction of sp³-hybridized carbons (Fsp3) is 0.167. The van der Waals surface area contributed by atoms with Crippen LogP contribution in [0.25, 0.3) is 0 Å². The zero-order valence-electron chi connectivity index (χ0n) is 18.1. The van der Waals surface area contributed by atoms with Crippen molar-refractivity contribution in [1.29, 1.82) is 0 Å². The molecule has 0 radical (unpaired) electrons. The monoisotopic (exact) mass is 558 g/mol. The second-order valence-electron chi connectivity index (χ2n) is 7.01. The van der Waals surface area contributed by atoms with Crippen molar-refractivity contribution in [2.45, 2.75) is 21.7 Å². The van der Waals surface area contributed by atoms with Gasteiger partial charge in [0.05, 0.1) is 10.6 Å². The second kappa shape index (κ2) is 11.2. The zero-order valence-corrected chi connectivity index (χ0v) is 20.5. The molecule has 2 aromatic carbocycles. The van der Waals surface area contributed by atoms with Gasteiger partial charge in [-0.25, -0.2) is 0 Å². The Kier molecular flexibility index (Phi) is 8.51. The standard InChI is InChI=1S/C18H21N7O8S3/c19-9-15(34(26)27)22-18-24-16(20-10-11-4-2-1-3-5-11)23-17(25-18)21-13-8-12(35(28,29)30)6-7-14(13)36(31,32)33/h1-8,15H,9-10,19H2,(H,26,27)(H,28,29,30)(H,31,32,33)(H3,20,21,22,23,24,25)/p-1. The van der Waals surface area contributed by atoms with E-state index in [9.17, 15) is 34.7 Å². The fourth-order valence-corrected chi connectivity index (χ4v) is 4.29. The number of hydrogen-bond acceptors (Lipinski definition) is 13. The van der Waals surface area contributed by atoms with Crippen molar-refractivity contribution in [2.75, 3.05) is 22.5 Å². The smallest absolute Gasteiger partial charge is 0.296 e. The lowest BCUT2D eigenvalue weighted by Gasteiger charge is -2.20. The highest BCUT2D eigenvalue weighted by Crippen LogP contribution is 2.27. The molecule has 1 aromatic heterocycles. The lowest BCUT2D eigenvalue weighted by Crippen LogP contribution is -2.33. The molecule has 18 heteroatoms. The maximum atomic E-state index is 11.8. The van der Waals surface area contributed by atoms with Gasteiger partial charge >= 0.3 is 0 Å². The first-order valence-corrected chi connectivity index (χ1v) is 13.8. The molecule has 2 atom stereocenters. The summed E-state index contributed by atoms with van der Waals surface area (Å²) in [5, 5.41) is 6.56. The normalized spacial score (nSPS) is 13.6. The van der Waals surface area contributed by atoms with Crippen LogP contribution in [0.3, 0.4) is 0 Å². The van der Waals surface area contributed by atoms with E-state index in [1.54, 1.807) is 12.1 Å². The summed E-state index contributed by atoms with van der Waals surface area (Å²) in [5.41, 5.74) is 5.79. The number of nitrogens with one attached hydrogen (secondary N) is 3. The van der Waals surface area contributed by atoms with Gasteiger partial charge in [-0.05, 0) is 34.8 Å². The Morgan fingerprint density at radius 3 is 2.17 bits per heavy atom. The van der Waals surface area contributed by atoms with Gasteiger partial charge in [-0.15, -0.1) is 0 Å². The first kappa shape index (κ1) is 27.3. The molecule has 36 heavy (non-hydrogen) atoms. The summed E-state index contributed by atoms with van der Waals surface area (Å²) in [4.78, 5) is 10.7. The summed E-state index contributed by atoms with van der Waals surface area (Å²) in [6, 6.07) is 11.3. The molecule has 7 N–H and O–H groups in total. The van der Waals surface area contributed by atoms with Crippen molar-refractivity contribution < 1.29 is 34.7 Å². The van der Waals surface area contributed by atoms with Crippen LogP contribution in [-0.4, -0.2) is 61.6 Å². The van der Waals surface area contributed by atoms with Crippen molar-refractivity contribution in [3.63, 3.8) is 0 Å². The molecule has 0 saturated heterocycles. The molecule has 3 aromatic rings. The second-order valence-corrected chi connectivity index (χ2v) is 10.9. The average Bonchev–Trinajstić information content (AvgIpc) is 2.80. The molecule has 0 bridgehead atoms. The molecular formula is C18H20N7O8S3-. The molecule has 0 aliphatic carbocycles. The Balaban J connectivity index is 2.04. The van der Waals surface area contributed by atoms with Crippen molar-refractivity contribution in [3.8, 4) is 0 Å². The molecule has 2 unspecified atom stereocenters. The molecule has 0 aliphatic heterocycles. The Morgan fingerprint density at radius 2 is 1.58 bits per heavy atom. The van der Waals surface area contributed by atoms with E-state index in [0.717, 1.165) is 23.8 Å². The van der Waals surface area contributed by atoms with Gasteiger partial charge in [0, 0.05) is 13.1 Å². The number of hydrogen-bond donors (Lipinski definition) is 6. The number of nitrogens with zero attached hydrogens (tertiary/aromatic N) is 3. The van der Waals surface area contributed by atoms with Crippen LogP contribution >= 0.6 is 0 Å². The van der Waals surface area contributed by atoms with E-state index in [0.29, 0.717) is 0 Å².